The third kappa shape index (κ3) is 61.0. The molecule has 3 N–H and O–H groups in total. The van der Waals surface area contributed by atoms with Crippen molar-refractivity contribution in [3.63, 3.8) is 0 Å². The average Bonchev–Trinajstić information content (AvgIpc) is 3.42. The summed E-state index contributed by atoms with van der Waals surface area (Å²) in [5.74, 6) is -0.0608. The van der Waals surface area contributed by atoms with E-state index < -0.39 is 12.1 Å². The number of carbonyl (C=O) groups excluding carboxylic acids is 2. The smallest absolute Gasteiger partial charge is 0.305 e. The maximum atomic E-state index is 12.4. The molecule has 0 fully saturated rings. The maximum absolute atomic E-state index is 12.4. The van der Waals surface area contributed by atoms with Gasteiger partial charge >= 0.3 is 5.97 Å². The van der Waals surface area contributed by atoms with Gasteiger partial charge in [0.05, 0.1) is 25.4 Å². The van der Waals surface area contributed by atoms with Crippen LogP contribution in [0.25, 0.3) is 0 Å². The highest BCUT2D eigenvalue weighted by Gasteiger charge is 2.18. The van der Waals surface area contributed by atoms with Crippen molar-refractivity contribution in [3.8, 4) is 0 Å². The van der Waals surface area contributed by atoms with E-state index in [1.165, 1.54) is 283 Å². The second-order valence-corrected chi connectivity index (χ2v) is 23.1. The fourth-order valence-electron chi connectivity index (χ4n) is 10.4. The Hall–Kier alpha value is -2.18. The van der Waals surface area contributed by atoms with Crippen LogP contribution in [0.3, 0.4) is 0 Å². The molecule has 0 aromatic rings. The second-order valence-electron chi connectivity index (χ2n) is 23.1. The number of aliphatic hydroxyl groups excluding tert-OH is 2. The number of esters is 1. The first-order valence-corrected chi connectivity index (χ1v) is 33.9. The summed E-state index contributed by atoms with van der Waals surface area (Å²) < 4.78 is 5.49. The normalized spacial score (nSPS) is 12.8. The van der Waals surface area contributed by atoms with E-state index in [9.17, 15) is 19.8 Å². The van der Waals surface area contributed by atoms with Crippen molar-refractivity contribution >= 4 is 11.9 Å². The number of rotatable bonds is 63. The minimum Gasteiger partial charge on any atom is -0.466 e. The fourth-order valence-corrected chi connectivity index (χ4v) is 10.4. The molecule has 0 aromatic heterocycles. The van der Waals surface area contributed by atoms with Crippen molar-refractivity contribution in [3.05, 3.63) is 48.6 Å². The third-order valence-electron chi connectivity index (χ3n) is 15.6. The number of carbonyl (C=O) groups is 2. The largest absolute Gasteiger partial charge is 0.466 e. The quantitative estimate of drug-likeness (QED) is 0.0320. The van der Waals surface area contributed by atoms with E-state index in [0.717, 1.165) is 51.4 Å². The lowest BCUT2D eigenvalue weighted by molar-refractivity contribution is -0.143. The number of allylic oxidation sites excluding steroid dienone is 7. The molecule has 6 nitrogen and oxygen atoms in total. The molecule has 2 unspecified atom stereocenters. The zero-order valence-corrected chi connectivity index (χ0v) is 51.0. The Kier molecular flexibility index (Phi) is 63.5. The highest BCUT2D eigenvalue weighted by molar-refractivity contribution is 5.76. The first kappa shape index (κ1) is 73.8. The van der Waals surface area contributed by atoms with Crippen LogP contribution in [0.2, 0.25) is 0 Å². The van der Waals surface area contributed by atoms with Gasteiger partial charge < -0.3 is 20.3 Å². The van der Waals surface area contributed by atoms with Gasteiger partial charge in [0, 0.05) is 12.8 Å². The Bertz CT molecular complexity index is 1270. The maximum Gasteiger partial charge on any atom is 0.305 e. The lowest BCUT2D eigenvalue weighted by atomic mass is 10.0. The molecule has 2 atom stereocenters. The van der Waals surface area contributed by atoms with Crippen molar-refractivity contribution in [2.75, 3.05) is 13.2 Å². The molecule has 0 aliphatic rings. The van der Waals surface area contributed by atoms with Crippen LogP contribution in [0.4, 0.5) is 0 Å². The summed E-state index contributed by atoms with van der Waals surface area (Å²) in [4.78, 5) is 24.5. The number of amides is 1. The topological polar surface area (TPSA) is 95.9 Å². The summed E-state index contributed by atoms with van der Waals surface area (Å²) in [7, 11) is 0. The predicted molar refractivity (Wildman–Crippen MR) is 333 cm³/mol. The predicted octanol–water partition coefficient (Wildman–Crippen LogP) is 21.7. The molecule has 0 saturated carbocycles. The molecule has 0 radical (unpaired) electrons. The van der Waals surface area contributed by atoms with Crippen molar-refractivity contribution in [2.45, 2.75) is 373 Å². The Labute approximate surface area is 474 Å². The second kappa shape index (κ2) is 65.3. The van der Waals surface area contributed by atoms with E-state index in [2.05, 4.69) is 55.6 Å². The molecule has 6 heteroatoms. The monoisotopic (exact) mass is 1070 g/mol. The Morgan fingerprint density at radius 1 is 0.368 bits per heavy atom. The first-order valence-electron chi connectivity index (χ1n) is 33.9. The zero-order valence-electron chi connectivity index (χ0n) is 51.0. The van der Waals surface area contributed by atoms with Crippen LogP contribution in [0.15, 0.2) is 48.6 Å². The number of nitrogens with one attached hydrogen (secondary N) is 1. The van der Waals surface area contributed by atoms with Gasteiger partial charge in [0.1, 0.15) is 0 Å². The Balaban J connectivity index is 3.33. The van der Waals surface area contributed by atoms with Gasteiger partial charge in [0.15, 0.2) is 0 Å². The summed E-state index contributed by atoms with van der Waals surface area (Å²) in [6.45, 7) is 4.86. The van der Waals surface area contributed by atoms with Crippen molar-refractivity contribution < 1.29 is 24.5 Å². The molecule has 446 valence electrons. The molecule has 0 aliphatic heterocycles. The number of hydrogen-bond acceptors (Lipinski definition) is 5. The van der Waals surface area contributed by atoms with E-state index in [1.807, 2.05) is 6.08 Å². The van der Waals surface area contributed by atoms with Crippen molar-refractivity contribution in [1.82, 2.24) is 5.32 Å². The van der Waals surface area contributed by atoms with Gasteiger partial charge in [-0.2, -0.15) is 0 Å². The number of aliphatic hydroxyl groups is 2. The van der Waals surface area contributed by atoms with Crippen LogP contribution in [0.5, 0.6) is 0 Å². The molecular formula is C70H131NO5. The van der Waals surface area contributed by atoms with Gasteiger partial charge in [-0.1, -0.05) is 306 Å². The van der Waals surface area contributed by atoms with Crippen LogP contribution in [-0.2, 0) is 14.3 Å². The van der Waals surface area contributed by atoms with Crippen LogP contribution in [0.1, 0.15) is 361 Å². The highest BCUT2D eigenvalue weighted by Crippen LogP contribution is 2.18. The van der Waals surface area contributed by atoms with Gasteiger partial charge in [0.2, 0.25) is 5.91 Å². The molecule has 0 aromatic carbocycles. The molecule has 76 heavy (non-hydrogen) atoms. The third-order valence-corrected chi connectivity index (χ3v) is 15.6. The van der Waals surface area contributed by atoms with Crippen LogP contribution in [0, 0.1) is 0 Å². The Morgan fingerprint density at radius 3 is 1.04 bits per heavy atom. The van der Waals surface area contributed by atoms with E-state index >= 15 is 0 Å². The fraction of sp³-hybridized carbons (Fsp3) is 0.857. The number of hydrogen-bond donors (Lipinski definition) is 3. The van der Waals surface area contributed by atoms with E-state index in [0.29, 0.717) is 19.4 Å². The molecule has 0 aliphatic carbocycles. The summed E-state index contributed by atoms with van der Waals surface area (Å²) in [6.07, 6.45) is 84.9. The van der Waals surface area contributed by atoms with Crippen LogP contribution in [-0.4, -0.2) is 47.4 Å². The highest BCUT2D eigenvalue weighted by atomic mass is 16.5. The molecule has 1 amide bonds. The molecule has 0 rings (SSSR count). The lowest BCUT2D eigenvalue weighted by Gasteiger charge is -2.20. The van der Waals surface area contributed by atoms with E-state index in [4.69, 9.17) is 4.74 Å². The van der Waals surface area contributed by atoms with Crippen molar-refractivity contribution in [1.29, 1.82) is 0 Å². The van der Waals surface area contributed by atoms with Gasteiger partial charge in [-0.3, -0.25) is 9.59 Å². The van der Waals surface area contributed by atoms with Crippen LogP contribution >= 0.6 is 0 Å². The van der Waals surface area contributed by atoms with Gasteiger partial charge in [-0.15, -0.1) is 0 Å². The van der Waals surface area contributed by atoms with Gasteiger partial charge in [-0.05, 0) is 89.9 Å². The molecule has 0 heterocycles. The Morgan fingerprint density at radius 2 is 0.658 bits per heavy atom. The van der Waals surface area contributed by atoms with E-state index in [1.54, 1.807) is 6.08 Å². The standard InChI is InChI=1S/C70H131NO5/c1-3-5-7-9-11-13-14-15-37-41-44-48-52-56-60-64-70(75)76-65-61-57-53-49-45-42-39-36-34-32-30-28-26-24-22-20-18-16-17-19-21-23-25-27-29-31-33-35-38-40-43-47-51-55-59-63-69(74)71-67(66-72)68(73)62-58-54-50-46-12-10-8-6-4-2/h11,13,15,18,20,37,58,62,67-68,72-73H,3-10,12,14,16-17,19,21-36,38-57,59-61,63-66H2,1-2H3,(H,71,74)/b13-11-,20-18-,37-15-,62-58+. The number of unbranched alkanes of at least 4 members (excludes halogenated alkanes) is 46. The number of ether oxygens (including phenoxy) is 1. The SMILES string of the molecule is CCCCC/C=C\C/C=C\CCCCCCCC(=O)OCCCCCCCCCCCCCCCC/C=C\CCCCCCCCCCCCCCCCCCCC(=O)NC(CO)C(O)/C=C/CCCCCCCCC. The average molecular weight is 1070 g/mol. The first-order chi connectivity index (χ1) is 37.5. The van der Waals surface area contributed by atoms with Crippen molar-refractivity contribution in [2.24, 2.45) is 0 Å². The van der Waals surface area contributed by atoms with Gasteiger partial charge in [0.25, 0.3) is 0 Å². The van der Waals surface area contributed by atoms with E-state index in [-0.39, 0.29) is 18.5 Å². The molecule has 0 spiro atoms. The lowest BCUT2D eigenvalue weighted by Crippen LogP contribution is -2.45. The minimum atomic E-state index is -0.840. The summed E-state index contributed by atoms with van der Waals surface area (Å²) >= 11 is 0. The summed E-state index contributed by atoms with van der Waals surface area (Å²) in [6, 6.07) is -0.623. The van der Waals surface area contributed by atoms with Gasteiger partial charge in [-0.25, -0.2) is 0 Å². The molecule has 0 bridgehead atoms. The molecule has 0 saturated heterocycles. The zero-order chi connectivity index (χ0) is 55.0. The minimum absolute atomic E-state index is 0.00571. The molecular weight excluding hydrogens is 935 g/mol. The summed E-state index contributed by atoms with van der Waals surface area (Å²) in [5.41, 5.74) is 0. The summed E-state index contributed by atoms with van der Waals surface area (Å²) in [5, 5.41) is 23.0. The van der Waals surface area contributed by atoms with Crippen LogP contribution < -0.4 is 5.32 Å².